The Kier molecular flexibility index (Phi) is 3.01. The van der Waals surface area contributed by atoms with E-state index in [1.54, 1.807) is 0 Å². The third-order valence-corrected chi connectivity index (χ3v) is 2.55. The Balaban J connectivity index is 2.53. The largest absolute Gasteiger partial charge is 0.316 e. The molecular formula is C12H16N4. The standard InChI is InChI=1S/C12H16N4/c1-9-6-12(11(7-13-3)8-15-9)16-5-4-14-10(16)2/h4-6,8,13H,7H2,1-3H3. The highest BCUT2D eigenvalue weighted by atomic mass is 15.1. The normalized spacial score (nSPS) is 10.7. The van der Waals surface area contributed by atoms with Crippen molar-refractivity contribution in [1.82, 2.24) is 19.9 Å². The Bertz CT molecular complexity index is 488. The van der Waals surface area contributed by atoms with Gasteiger partial charge in [-0.2, -0.15) is 0 Å². The molecule has 0 bridgehead atoms. The molecule has 1 N–H and O–H groups in total. The lowest BCUT2D eigenvalue weighted by Crippen LogP contribution is -2.10. The molecule has 4 heteroatoms. The van der Waals surface area contributed by atoms with Crippen molar-refractivity contribution in [2.75, 3.05) is 7.05 Å². The molecule has 0 aliphatic heterocycles. The molecule has 0 atom stereocenters. The summed E-state index contributed by atoms with van der Waals surface area (Å²) in [4.78, 5) is 8.57. The fourth-order valence-electron chi connectivity index (χ4n) is 1.76. The van der Waals surface area contributed by atoms with Gasteiger partial charge in [0.15, 0.2) is 0 Å². The smallest absolute Gasteiger partial charge is 0.110 e. The fraction of sp³-hybridized carbons (Fsp3) is 0.333. The van der Waals surface area contributed by atoms with Crippen LogP contribution in [0.2, 0.25) is 0 Å². The van der Waals surface area contributed by atoms with E-state index in [4.69, 9.17) is 0 Å². The monoisotopic (exact) mass is 216 g/mol. The van der Waals surface area contributed by atoms with E-state index in [0.29, 0.717) is 0 Å². The van der Waals surface area contributed by atoms with Crippen LogP contribution < -0.4 is 5.32 Å². The van der Waals surface area contributed by atoms with Crippen molar-refractivity contribution in [2.24, 2.45) is 0 Å². The van der Waals surface area contributed by atoms with Gasteiger partial charge in [0.05, 0.1) is 5.69 Å². The minimum atomic E-state index is 0.806. The summed E-state index contributed by atoms with van der Waals surface area (Å²) >= 11 is 0. The summed E-state index contributed by atoms with van der Waals surface area (Å²) < 4.78 is 2.08. The first kappa shape index (κ1) is 10.8. The van der Waals surface area contributed by atoms with Crippen molar-refractivity contribution >= 4 is 0 Å². The summed E-state index contributed by atoms with van der Waals surface area (Å²) in [5.74, 6) is 0.989. The fourth-order valence-corrected chi connectivity index (χ4v) is 1.76. The van der Waals surface area contributed by atoms with Crippen molar-refractivity contribution in [3.63, 3.8) is 0 Å². The van der Waals surface area contributed by atoms with E-state index in [1.165, 1.54) is 5.56 Å². The highest BCUT2D eigenvalue weighted by molar-refractivity contribution is 5.41. The summed E-state index contributed by atoms with van der Waals surface area (Å²) in [7, 11) is 1.93. The molecule has 0 saturated carbocycles. The van der Waals surface area contributed by atoms with Crippen molar-refractivity contribution < 1.29 is 0 Å². The lowest BCUT2D eigenvalue weighted by atomic mass is 10.2. The molecule has 2 heterocycles. The van der Waals surface area contributed by atoms with Crippen LogP contribution in [0.25, 0.3) is 5.69 Å². The maximum Gasteiger partial charge on any atom is 0.110 e. The molecule has 0 saturated heterocycles. The zero-order chi connectivity index (χ0) is 11.5. The van der Waals surface area contributed by atoms with E-state index in [0.717, 1.165) is 23.8 Å². The second-order valence-electron chi connectivity index (χ2n) is 3.83. The topological polar surface area (TPSA) is 42.7 Å². The lowest BCUT2D eigenvalue weighted by molar-refractivity contribution is 0.796. The molecule has 16 heavy (non-hydrogen) atoms. The number of nitrogens with one attached hydrogen (secondary N) is 1. The van der Waals surface area contributed by atoms with Gasteiger partial charge in [-0.05, 0) is 27.0 Å². The van der Waals surface area contributed by atoms with Crippen LogP contribution in [0, 0.1) is 13.8 Å². The van der Waals surface area contributed by atoms with Crippen LogP contribution in [-0.2, 0) is 6.54 Å². The average Bonchev–Trinajstić information content (AvgIpc) is 2.67. The van der Waals surface area contributed by atoms with Gasteiger partial charge >= 0.3 is 0 Å². The molecule has 0 radical (unpaired) electrons. The van der Waals surface area contributed by atoms with Crippen LogP contribution in [0.1, 0.15) is 17.1 Å². The maximum atomic E-state index is 4.32. The van der Waals surface area contributed by atoms with Gasteiger partial charge in [-0.15, -0.1) is 0 Å². The first-order chi connectivity index (χ1) is 7.72. The number of imidazole rings is 1. The van der Waals surface area contributed by atoms with E-state index in [9.17, 15) is 0 Å². The summed E-state index contributed by atoms with van der Waals surface area (Å²) in [6.45, 7) is 4.80. The van der Waals surface area contributed by atoms with Crippen molar-refractivity contribution in [1.29, 1.82) is 0 Å². The molecule has 2 aromatic rings. The maximum absolute atomic E-state index is 4.32. The number of rotatable bonds is 3. The van der Waals surface area contributed by atoms with E-state index in [2.05, 4.69) is 25.9 Å². The van der Waals surface area contributed by atoms with E-state index in [-0.39, 0.29) is 0 Å². The van der Waals surface area contributed by atoms with Crippen LogP contribution in [0.3, 0.4) is 0 Å². The Morgan fingerprint density at radius 2 is 2.12 bits per heavy atom. The molecule has 0 spiro atoms. The minimum absolute atomic E-state index is 0.806. The zero-order valence-electron chi connectivity index (χ0n) is 9.86. The Morgan fingerprint density at radius 3 is 2.75 bits per heavy atom. The van der Waals surface area contributed by atoms with Gasteiger partial charge in [-0.3, -0.25) is 4.98 Å². The van der Waals surface area contributed by atoms with Crippen LogP contribution in [0.15, 0.2) is 24.7 Å². The quantitative estimate of drug-likeness (QED) is 0.847. The van der Waals surface area contributed by atoms with Crippen LogP contribution in [0.4, 0.5) is 0 Å². The van der Waals surface area contributed by atoms with Gasteiger partial charge in [-0.25, -0.2) is 4.98 Å². The molecule has 0 aromatic carbocycles. The van der Waals surface area contributed by atoms with Gasteiger partial charge in [0.2, 0.25) is 0 Å². The third-order valence-electron chi connectivity index (χ3n) is 2.55. The van der Waals surface area contributed by atoms with E-state index in [1.807, 2.05) is 39.5 Å². The Hall–Kier alpha value is -1.68. The molecule has 0 aliphatic rings. The molecule has 2 aromatic heterocycles. The van der Waals surface area contributed by atoms with E-state index >= 15 is 0 Å². The molecule has 2 rings (SSSR count). The number of pyridine rings is 1. The highest BCUT2D eigenvalue weighted by Crippen LogP contribution is 2.16. The predicted molar refractivity (Wildman–Crippen MR) is 63.6 cm³/mol. The van der Waals surface area contributed by atoms with Crippen molar-refractivity contribution in [3.05, 3.63) is 41.7 Å². The van der Waals surface area contributed by atoms with Gasteiger partial charge in [-0.1, -0.05) is 0 Å². The van der Waals surface area contributed by atoms with Gasteiger partial charge in [0.1, 0.15) is 5.82 Å². The molecule has 0 aliphatic carbocycles. The van der Waals surface area contributed by atoms with Crippen molar-refractivity contribution in [2.45, 2.75) is 20.4 Å². The van der Waals surface area contributed by atoms with Crippen LogP contribution in [-0.4, -0.2) is 21.6 Å². The SMILES string of the molecule is CNCc1cnc(C)cc1-n1ccnc1C. The number of hydrogen-bond donors (Lipinski definition) is 1. The minimum Gasteiger partial charge on any atom is -0.316 e. The lowest BCUT2D eigenvalue weighted by Gasteiger charge is -2.11. The third kappa shape index (κ3) is 1.97. The number of hydrogen-bond acceptors (Lipinski definition) is 3. The van der Waals surface area contributed by atoms with Gasteiger partial charge in [0.25, 0.3) is 0 Å². The first-order valence-electron chi connectivity index (χ1n) is 5.33. The van der Waals surface area contributed by atoms with Crippen LogP contribution >= 0.6 is 0 Å². The molecular weight excluding hydrogens is 200 g/mol. The second-order valence-corrected chi connectivity index (χ2v) is 3.83. The first-order valence-corrected chi connectivity index (χ1v) is 5.33. The molecule has 0 unspecified atom stereocenters. The number of nitrogens with zero attached hydrogens (tertiary/aromatic N) is 3. The van der Waals surface area contributed by atoms with Gasteiger partial charge < -0.3 is 9.88 Å². The van der Waals surface area contributed by atoms with Crippen molar-refractivity contribution in [3.8, 4) is 5.69 Å². The summed E-state index contributed by atoms with van der Waals surface area (Å²) in [6, 6.07) is 2.08. The molecule has 84 valence electrons. The summed E-state index contributed by atoms with van der Waals surface area (Å²) in [6.07, 6.45) is 5.71. The molecule has 0 fully saturated rings. The van der Waals surface area contributed by atoms with E-state index < -0.39 is 0 Å². The molecule has 0 amide bonds. The zero-order valence-corrected chi connectivity index (χ0v) is 9.86. The molecule has 4 nitrogen and oxygen atoms in total. The predicted octanol–water partition coefficient (Wildman–Crippen LogP) is 1.60. The Morgan fingerprint density at radius 1 is 1.31 bits per heavy atom. The van der Waals surface area contributed by atoms with Crippen LogP contribution in [0.5, 0.6) is 0 Å². The highest BCUT2D eigenvalue weighted by Gasteiger charge is 2.07. The average molecular weight is 216 g/mol. The summed E-state index contributed by atoms with van der Waals surface area (Å²) in [5, 5.41) is 3.15. The Labute approximate surface area is 95.4 Å². The van der Waals surface area contributed by atoms with Gasteiger partial charge in [0, 0.05) is 36.4 Å². The number of aromatic nitrogens is 3. The summed E-state index contributed by atoms with van der Waals surface area (Å²) in [5.41, 5.74) is 3.34. The second kappa shape index (κ2) is 4.45. The number of aryl methyl sites for hydroxylation is 2.